The standard InChI is InChI=1S/C18H13Cl3N2O2/c19-12-5-4-9(8-15(12)23(24)25)17-11-3-1-2-10(11)16-13(20)6-7-14(21)18(16)22-17/h1-2,4-8,10-11,17,22H,3H2/t10-,11-,17-/m0/s1. The van der Waals surface area contributed by atoms with Crippen molar-refractivity contribution in [1.29, 1.82) is 0 Å². The monoisotopic (exact) mass is 394 g/mol. The van der Waals surface area contributed by atoms with Crippen LogP contribution in [0.15, 0.2) is 42.5 Å². The van der Waals surface area contributed by atoms with Crippen LogP contribution in [-0.2, 0) is 0 Å². The summed E-state index contributed by atoms with van der Waals surface area (Å²) >= 11 is 18.8. The fourth-order valence-electron chi connectivity index (χ4n) is 3.82. The number of benzene rings is 2. The molecule has 25 heavy (non-hydrogen) atoms. The van der Waals surface area contributed by atoms with E-state index in [1.807, 2.05) is 6.07 Å². The Morgan fingerprint density at radius 2 is 1.80 bits per heavy atom. The highest BCUT2D eigenvalue weighted by Gasteiger charge is 2.40. The highest BCUT2D eigenvalue weighted by Crippen LogP contribution is 2.53. The first-order valence-corrected chi connectivity index (χ1v) is 8.95. The molecule has 0 radical (unpaired) electrons. The first-order chi connectivity index (χ1) is 12.0. The Bertz CT molecular complexity index is 913. The molecule has 128 valence electrons. The summed E-state index contributed by atoms with van der Waals surface area (Å²) in [5.41, 5.74) is 2.51. The Morgan fingerprint density at radius 1 is 1.08 bits per heavy atom. The second kappa shape index (κ2) is 6.20. The summed E-state index contributed by atoms with van der Waals surface area (Å²) in [5, 5.41) is 16.1. The van der Waals surface area contributed by atoms with Gasteiger partial charge in [0, 0.05) is 22.6 Å². The van der Waals surface area contributed by atoms with Crippen molar-refractivity contribution in [3.63, 3.8) is 0 Å². The number of nitro groups is 1. The lowest BCUT2D eigenvalue weighted by Crippen LogP contribution is -2.29. The molecule has 0 saturated heterocycles. The van der Waals surface area contributed by atoms with Gasteiger partial charge in [-0.2, -0.15) is 0 Å². The molecule has 1 aliphatic carbocycles. The van der Waals surface area contributed by atoms with E-state index in [-0.39, 0.29) is 28.6 Å². The van der Waals surface area contributed by atoms with Crippen molar-refractivity contribution in [2.45, 2.75) is 18.4 Å². The first kappa shape index (κ1) is 16.7. The van der Waals surface area contributed by atoms with E-state index in [0.717, 1.165) is 23.2 Å². The van der Waals surface area contributed by atoms with Crippen molar-refractivity contribution in [1.82, 2.24) is 0 Å². The molecule has 4 rings (SSSR count). The van der Waals surface area contributed by atoms with Crippen molar-refractivity contribution in [3.05, 3.63) is 78.8 Å². The normalized spacial score (nSPS) is 23.7. The van der Waals surface area contributed by atoms with E-state index in [1.165, 1.54) is 0 Å². The van der Waals surface area contributed by atoms with Crippen LogP contribution in [0.25, 0.3) is 0 Å². The van der Waals surface area contributed by atoms with E-state index < -0.39 is 4.92 Å². The Hall–Kier alpha value is -1.75. The highest BCUT2D eigenvalue weighted by atomic mass is 35.5. The smallest absolute Gasteiger partial charge is 0.288 e. The second-order valence-corrected chi connectivity index (χ2v) is 7.48. The maximum atomic E-state index is 11.2. The summed E-state index contributed by atoms with van der Waals surface area (Å²) in [6.07, 6.45) is 5.13. The molecule has 0 unspecified atom stereocenters. The van der Waals surface area contributed by atoms with Gasteiger partial charge in [-0.3, -0.25) is 10.1 Å². The molecule has 1 heterocycles. The van der Waals surface area contributed by atoms with Gasteiger partial charge in [-0.05, 0) is 36.1 Å². The molecule has 0 saturated carbocycles. The van der Waals surface area contributed by atoms with Crippen LogP contribution in [0.3, 0.4) is 0 Å². The largest absolute Gasteiger partial charge is 0.376 e. The zero-order valence-electron chi connectivity index (χ0n) is 12.9. The SMILES string of the molecule is O=[N+]([O-])c1cc([C@@H]2Nc3c(Cl)ccc(Cl)c3[C@H]3C=CC[C@@H]32)ccc1Cl. The average Bonchev–Trinajstić information content (AvgIpc) is 3.07. The third-order valence-electron chi connectivity index (χ3n) is 4.94. The van der Waals surface area contributed by atoms with Crippen LogP contribution >= 0.6 is 34.8 Å². The van der Waals surface area contributed by atoms with Crippen LogP contribution in [0, 0.1) is 16.0 Å². The summed E-state index contributed by atoms with van der Waals surface area (Å²) in [4.78, 5) is 10.8. The van der Waals surface area contributed by atoms with Crippen molar-refractivity contribution in [2.75, 3.05) is 5.32 Å². The molecular formula is C18H13Cl3N2O2. The first-order valence-electron chi connectivity index (χ1n) is 7.82. The minimum Gasteiger partial charge on any atom is -0.376 e. The van der Waals surface area contributed by atoms with Gasteiger partial charge >= 0.3 is 0 Å². The molecule has 2 aliphatic rings. The van der Waals surface area contributed by atoms with Crippen molar-refractivity contribution in [3.8, 4) is 0 Å². The van der Waals surface area contributed by atoms with Crippen molar-refractivity contribution in [2.24, 2.45) is 5.92 Å². The van der Waals surface area contributed by atoms with E-state index >= 15 is 0 Å². The number of nitrogens with zero attached hydrogens (tertiary/aromatic N) is 1. The van der Waals surface area contributed by atoms with Gasteiger partial charge in [0.25, 0.3) is 5.69 Å². The van der Waals surface area contributed by atoms with Gasteiger partial charge < -0.3 is 5.32 Å². The lowest BCUT2D eigenvalue weighted by Gasteiger charge is -2.38. The Labute approximate surface area is 159 Å². The lowest BCUT2D eigenvalue weighted by molar-refractivity contribution is -0.384. The van der Waals surface area contributed by atoms with E-state index in [9.17, 15) is 10.1 Å². The number of hydrogen-bond acceptors (Lipinski definition) is 3. The number of nitro benzene ring substituents is 1. The molecule has 0 spiro atoms. The van der Waals surface area contributed by atoms with Crippen LogP contribution in [0.1, 0.15) is 29.5 Å². The average molecular weight is 396 g/mol. The number of halogens is 3. The second-order valence-electron chi connectivity index (χ2n) is 6.26. The Kier molecular flexibility index (Phi) is 4.14. The predicted octanol–water partition coefficient (Wildman–Crippen LogP) is 6.38. The maximum Gasteiger partial charge on any atom is 0.288 e. The fourth-order valence-corrected chi connectivity index (χ4v) is 4.51. The summed E-state index contributed by atoms with van der Waals surface area (Å²) in [6.45, 7) is 0. The number of fused-ring (bicyclic) bond motifs is 3. The molecule has 1 aliphatic heterocycles. The van der Waals surface area contributed by atoms with Crippen molar-refractivity contribution >= 4 is 46.2 Å². The zero-order chi connectivity index (χ0) is 17.7. The number of nitrogens with one attached hydrogen (secondary N) is 1. The zero-order valence-corrected chi connectivity index (χ0v) is 15.1. The topological polar surface area (TPSA) is 55.2 Å². The van der Waals surface area contributed by atoms with E-state index in [4.69, 9.17) is 34.8 Å². The van der Waals surface area contributed by atoms with Gasteiger partial charge in [-0.1, -0.05) is 53.0 Å². The van der Waals surface area contributed by atoms with Gasteiger partial charge in [0.1, 0.15) is 5.02 Å². The molecule has 0 amide bonds. The molecule has 1 N–H and O–H groups in total. The fraction of sp³-hybridized carbons (Fsp3) is 0.222. The van der Waals surface area contributed by atoms with Crippen LogP contribution in [0.5, 0.6) is 0 Å². The van der Waals surface area contributed by atoms with E-state index in [0.29, 0.717) is 10.0 Å². The molecule has 0 aromatic heterocycles. The molecule has 4 nitrogen and oxygen atoms in total. The number of rotatable bonds is 2. The van der Waals surface area contributed by atoms with Crippen LogP contribution in [0.4, 0.5) is 11.4 Å². The highest BCUT2D eigenvalue weighted by molar-refractivity contribution is 6.36. The van der Waals surface area contributed by atoms with Crippen LogP contribution in [0.2, 0.25) is 15.1 Å². The van der Waals surface area contributed by atoms with E-state index in [1.54, 1.807) is 24.3 Å². The minimum atomic E-state index is -0.461. The van der Waals surface area contributed by atoms with Gasteiger partial charge in [0.15, 0.2) is 0 Å². The molecule has 0 bridgehead atoms. The van der Waals surface area contributed by atoms with Gasteiger partial charge in [0.2, 0.25) is 0 Å². The van der Waals surface area contributed by atoms with E-state index in [2.05, 4.69) is 17.5 Å². The van der Waals surface area contributed by atoms with Crippen LogP contribution < -0.4 is 5.32 Å². The summed E-state index contributed by atoms with van der Waals surface area (Å²) < 4.78 is 0. The number of allylic oxidation sites excluding steroid dienone is 2. The minimum absolute atomic E-state index is 0.0912. The molecule has 2 aromatic rings. The third-order valence-corrected chi connectivity index (χ3v) is 5.91. The van der Waals surface area contributed by atoms with Gasteiger partial charge in [-0.15, -0.1) is 0 Å². The Balaban J connectivity index is 1.84. The maximum absolute atomic E-state index is 11.2. The number of anilines is 1. The lowest BCUT2D eigenvalue weighted by atomic mass is 9.77. The molecule has 0 fully saturated rings. The third kappa shape index (κ3) is 2.69. The van der Waals surface area contributed by atoms with Crippen molar-refractivity contribution < 1.29 is 4.92 Å². The van der Waals surface area contributed by atoms with Gasteiger partial charge in [-0.25, -0.2) is 0 Å². The molecular weight excluding hydrogens is 383 g/mol. The molecule has 3 atom stereocenters. The predicted molar refractivity (Wildman–Crippen MR) is 101 cm³/mol. The Morgan fingerprint density at radius 3 is 2.56 bits per heavy atom. The molecule has 2 aromatic carbocycles. The quantitative estimate of drug-likeness (QED) is 0.364. The summed E-state index contributed by atoms with van der Waals surface area (Å²) in [6, 6.07) is 8.39. The molecule has 7 heteroatoms. The van der Waals surface area contributed by atoms with Gasteiger partial charge in [0.05, 0.1) is 21.7 Å². The van der Waals surface area contributed by atoms with Crippen LogP contribution in [-0.4, -0.2) is 4.92 Å². The number of hydrogen-bond donors (Lipinski definition) is 1. The summed E-state index contributed by atoms with van der Waals surface area (Å²) in [7, 11) is 0. The summed E-state index contributed by atoms with van der Waals surface area (Å²) in [5.74, 6) is 0.339.